The third-order valence-electron chi connectivity index (χ3n) is 6.33. The topological polar surface area (TPSA) is 133 Å². The Bertz CT molecular complexity index is 1210. The van der Waals surface area contributed by atoms with Crippen LogP contribution in [0.1, 0.15) is 59.4 Å². The fourth-order valence-electron chi connectivity index (χ4n) is 4.36. The molecule has 0 spiro atoms. The SMILES string of the molecule is CC1=C(/C=C/C(C)=C/C=C/C(C)=C/C(=O)N[C@@H](Cc2ccc(OP(=O)(O)O)cc2)C(=O)O)C(C)(C)CCC1. The molecule has 0 aliphatic heterocycles. The number of benzene rings is 1. The number of carboxylic acid groups (broad SMARTS) is 1. The van der Waals surface area contributed by atoms with Gasteiger partial charge in [-0.2, -0.15) is 0 Å². The van der Waals surface area contributed by atoms with Crippen molar-refractivity contribution < 1.29 is 33.6 Å². The number of carboxylic acids is 1. The molecule has 0 unspecified atom stereocenters. The molecule has 8 nitrogen and oxygen atoms in total. The predicted octanol–water partition coefficient (Wildman–Crippen LogP) is 5.80. The Morgan fingerprint density at radius 2 is 1.79 bits per heavy atom. The van der Waals surface area contributed by atoms with Crippen molar-refractivity contribution in [3.8, 4) is 5.75 Å². The summed E-state index contributed by atoms with van der Waals surface area (Å²) < 4.78 is 15.4. The lowest BCUT2D eigenvalue weighted by atomic mass is 9.72. The lowest BCUT2D eigenvalue weighted by Gasteiger charge is -2.32. The number of phosphoric ester groups is 1. The van der Waals surface area contributed by atoms with Gasteiger partial charge in [0.2, 0.25) is 5.91 Å². The van der Waals surface area contributed by atoms with Crippen LogP contribution in [0, 0.1) is 5.41 Å². The summed E-state index contributed by atoms with van der Waals surface area (Å²) in [5.74, 6) is -1.79. The molecule has 1 atom stereocenters. The van der Waals surface area contributed by atoms with E-state index in [9.17, 15) is 19.3 Å². The van der Waals surface area contributed by atoms with Crippen molar-refractivity contribution in [3.05, 3.63) is 88.6 Å². The molecule has 0 aromatic heterocycles. The lowest BCUT2D eigenvalue weighted by Crippen LogP contribution is -2.41. The Hall–Kier alpha value is -3.19. The molecule has 2 rings (SSSR count). The normalized spacial score (nSPS) is 17.7. The second-order valence-electron chi connectivity index (χ2n) is 10.3. The van der Waals surface area contributed by atoms with Crippen LogP contribution < -0.4 is 9.84 Å². The van der Waals surface area contributed by atoms with Crippen molar-refractivity contribution in [2.45, 2.75) is 66.3 Å². The Kier molecular flexibility index (Phi) is 11.1. The van der Waals surface area contributed by atoms with Crippen LogP contribution in [-0.4, -0.2) is 32.8 Å². The largest absolute Gasteiger partial charge is 0.524 e. The van der Waals surface area contributed by atoms with E-state index in [0.717, 1.165) is 12.0 Å². The summed E-state index contributed by atoms with van der Waals surface area (Å²) in [6.07, 6.45) is 14.8. The Morgan fingerprint density at radius 3 is 2.37 bits per heavy atom. The van der Waals surface area contributed by atoms with Crippen molar-refractivity contribution in [1.29, 1.82) is 0 Å². The standard InChI is InChI=1S/C29H38NO7P/c1-20(11-16-25-22(3)10-7-17-29(25,4)5)8-6-9-21(2)18-27(31)30-26(28(32)33)19-23-12-14-24(15-13-23)37-38(34,35)36/h6,8-9,11-16,18,26H,7,10,17,19H2,1-5H3,(H,30,31)(H,32,33)(H2,34,35,36)/b9-6+,16-11+,20-8+,21-18+/t26-/m0/s1. The van der Waals surface area contributed by atoms with Crippen molar-refractivity contribution >= 4 is 19.7 Å². The number of hydrogen-bond acceptors (Lipinski definition) is 4. The molecule has 4 N–H and O–H groups in total. The van der Waals surface area contributed by atoms with Crippen LogP contribution >= 0.6 is 7.82 Å². The van der Waals surface area contributed by atoms with Crippen molar-refractivity contribution in [2.75, 3.05) is 0 Å². The maximum absolute atomic E-state index is 12.4. The first-order valence-electron chi connectivity index (χ1n) is 12.5. The van der Waals surface area contributed by atoms with Crippen LogP contribution in [0.25, 0.3) is 0 Å². The number of allylic oxidation sites excluding steroid dienone is 9. The van der Waals surface area contributed by atoms with E-state index in [-0.39, 0.29) is 17.6 Å². The van der Waals surface area contributed by atoms with Gasteiger partial charge in [-0.15, -0.1) is 0 Å². The number of hydrogen-bond donors (Lipinski definition) is 4. The van der Waals surface area contributed by atoms with E-state index >= 15 is 0 Å². The highest BCUT2D eigenvalue weighted by Gasteiger charge is 2.26. The first kappa shape index (κ1) is 31.0. The van der Waals surface area contributed by atoms with Crippen molar-refractivity contribution in [3.63, 3.8) is 0 Å². The van der Waals surface area contributed by atoms with Gasteiger partial charge in [0, 0.05) is 12.5 Å². The van der Waals surface area contributed by atoms with Gasteiger partial charge in [0.25, 0.3) is 0 Å². The third kappa shape index (κ3) is 10.7. The molecule has 0 fully saturated rings. The summed E-state index contributed by atoms with van der Waals surface area (Å²) in [4.78, 5) is 41.8. The minimum Gasteiger partial charge on any atom is -0.480 e. The van der Waals surface area contributed by atoms with Crippen LogP contribution in [0.15, 0.2) is 83.0 Å². The Labute approximate surface area is 224 Å². The lowest BCUT2D eigenvalue weighted by molar-refractivity contribution is -0.141. The summed E-state index contributed by atoms with van der Waals surface area (Å²) in [7, 11) is -4.68. The molecule has 0 saturated carbocycles. The average Bonchev–Trinajstić information content (AvgIpc) is 2.78. The van der Waals surface area contributed by atoms with Gasteiger partial charge in [0.1, 0.15) is 11.8 Å². The molecule has 0 radical (unpaired) electrons. The van der Waals surface area contributed by atoms with Crippen LogP contribution in [-0.2, 0) is 20.6 Å². The molecule has 1 aromatic carbocycles. The highest BCUT2D eigenvalue weighted by atomic mass is 31.2. The van der Waals surface area contributed by atoms with E-state index in [1.807, 2.05) is 19.1 Å². The number of carbonyl (C=O) groups is 2. The molecule has 1 aromatic rings. The highest BCUT2D eigenvalue weighted by Crippen LogP contribution is 2.41. The summed E-state index contributed by atoms with van der Waals surface area (Å²) in [5.41, 5.74) is 5.29. The number of phosphoric acid groups is 1. The van der Waals surface area contributed by atoms with E-state index in [4.69, 9.17) is 9.79 Å². The second-order valence-corrected chi connectivity index (χ2v) is 11.4. The first-order valence-corrected chi connectivity index (χ1v) is 14.0. The van der Waals surface area contributed by atoms with Gasteiger partial charge in [-0.05, 0) is 74.3 Å². The molecular formula is C29H38NO7P. The molecule has 0 saturated heterocycles. The summed E-state index contributed by atoms with van der Waals surface area (Å²) in [6.45, 7) is 10.5. The summed E-state index contributed by atoms with van der Waals surface area (Å²) in [6, 6.07) is 4.42. The molecule has 38 heavy (non-hydrogen) atoms. The van der Waals surface area contributed by atoms with Crippen LogP contribution in [0.2, 0.25) is 0 Å². The minimum absolute atomic E-state index is 0.0129. The van der Waals surface area contributed by atoms with E-state index in [0.29, 0.717) is 11.1 Å². The zero-order valence-electron chi connectivity index (χ0n) is 22.6. The number of nitrogens with one attached hydrogen (secondary N) is 1. The minimum atomic E-state index is -4.68. The van der Waals surface area contributed by atoms with E-state index in [1.165, 1.54) is 54.3 Å². The van der Waals surface area contributed by atoms with Gasteiger partial charge in [0.15, 0.2) is 0 Å². The monoisotopic (exact) mass is 543 g/mol. The Morgan fingerprint density at radius 1 is 1.13 bits per heavy atom. The molecule has 0 heterocycles. The highest BCUT2D eigenvalue weighted by molar-refractivity contribution is 7.46. The van der Waals surface area contributed by atoms with Crippen molar-refractivity contribution in [2.24, 2.45) is 5.41 Å². The van der Waals surface area contributed by atoms with Crippen LogP contribution in [0.4, 0.5) is 0 Å². The Balaban J connectivity index is 1.97. The number of rotatable bonds is 11. The van der Waals surface area contributed by atoms with Gasteiger partial charge in [-0.1, -0.05) is 67.5 Å². The van der Waals surface area contributed by atoms with Gasteiger partial charge < -0.3 is 14.9 Å². The maximum Gasteiger partial charge on any atom is 0.524 e. The van der Waals surface area contributed by atoms with E-state index < -0.39 is 25.7 Å². The zero-order chi connectivity index (χ0) is 28.5. The first-order chi connectivity index (χ1) is 17.7. The molecule has 1 aliphatic carbocycles. The van der Waals surface area contributed by atoms with Gasteiger partial charge >= 0.3 is 13.8 Å². The third-order valence-corrected chi connectivity index (χ3v) is 6.78. The summed E-state index contributed by atoms with van der Waals surface area (Å²) in [5, 5.41) is 12.0. The molecule has 1 aliphatic rings. The number of carbonyl (C=O) groups excluding carboxylic acids is 1. The second kappa shape index (κ2) is 13.6. The van der Waals surface area contributed by atoms with E-state index in [2.05, 4.69) is 42.8 Å². The van der Waals surface area contributed by atoms with E-state index in [1.54, 1.807) is 13.0 Å². The maximum atomic E-state index is 12.4. The van der Waals surface area contributed by atoms with Gasteiger partial charge in [0.05, 0.1) is 0 Å². The molecule has 0 bridgehead atoms. The fraction of sp³-hybridized carbons (Fsp3) is 0.379. The molecule has 206 valence electrons. The van der Waals surface area contributed by atoms with Gasteiger partial charge in [-0.25, -0.2) is 9.36 Å². The average molecular weight is 544 g/mol. The predicted molar refractivity (Wildman–Crippen MR) is 149 cm³/mol. The molecular weight excluding hydrogens is 505 g/mol. The molecule has 9 heteroatoms. The quantitative estimate of drug-likeness (QED) is 0.157. The molecule has 1 amide bonds. The fourth-order valence-corrected chi connectivity index (χ4v) is 4.76. The zero-order valence-corrected chi connectivity index (χ0v) is 23.5. The van der Waals surface area contributed by atoms with Crippen LogP contribution in [0.5, 0.6) is 5.75 Å². The van der Waals surface area contributed by atoms with Gasteiger partial charge in [-0.3, -0.25) is 14.6 Å². The smallest absolute Gasteiger partial charge is 0.480 e. The van der Waals surface area contributed by atoms with Crippen LogP contribution in [0.3, 0.4) is 0 Å². The van der Waals surface area contributed by atoms with Crippen molar-refractivity contribution in [1.82, 2.24) is 5.32 Å². The number of amides is 1. The summed E-state index contributed by atoms with van der Waals surface area (Å²) >= 11 is 0. The number of aliphatic carboxylic acids is 1.